The molecule has 1 aliphatic heterocycles. The number of likely N-dealkylation sites (tertiary alicyclic amines) is 1. The van der Waals surface area contributed by atoms with E-state index >= 15 is 0 Å². The van der Waals surface area contributed by atoms with E-state index in [1.165, 1.54) is 0 Å². The third kappa shape index (κ3) is 2.82. The van der Waals surface area contributed by atoms with Crippen LogP contribution in [0.5, 0.6) is 0 Å². The summed E-state index contributed by atoms with van der Waals surface area (Å²) in [5.74, 6) is 0.838. The molecule has 1 fully saturated rings. The number of rotatable bonds is 3. The maximum atomic E-state index is 8.62. The molecule has 5 nitrogen and oxygen atoms in total. The van der Waals surface area contributed by atoms with Gasteiger partial charge in [0, 0.05) is 13.7 Å². The minimum absolute atomic E-state index is 0.0276. The zero-order valence-corrected chi connectivity index (χ0v) is 9.68. The quantitative estimate of drug-likeness (QED) is 0.311. The van der Waals surface area contributed by atoms with Crippen LogP contribution in [0, 0.1) is 5.92 Å². The Kier molecular flexibility index (Phi) is 4.35. The summed E-state index contributed by atoms with van der Waals surface area (Å²) in [5.41, 5.74) is 5.59. The number of ether oxygens (including phenoxy) is 1. The van der Waals surface area contributed by atoms with Gasteiger partial charge in [0.1, 0.15) is 0 Å². The minimum atomic E-state index is -0.0276. The van der Waals surface area contributed by atoms with E-state index in [0.29, 0.717) is 5.92 Å². The van der Waals surface area contributed by atoms with Gasteiger partial charge in [-0.2, -0.15) is 0 Å². The molecule has 0 radical (unpaired) electrons. The van der Waals surface area contributed by atoms with E-state index in [2.05, 4.69) is 17.0 Å². The van der Waals surface area contributed by atoms with Crippen molar-refractivity contribution in [3.63, 3.8) is 0 Å². The van der Waals surface area contributed by atoms with Crippen molar-refractivity contribution in [3.8, 4) is 0 Å². The lowest BCUT2D eigenvalue weighted by Crippen LogP contribution is -2.51. The number of oxime groups is 1. The van der Waals surface area contributed by atoms with Crippen molar-refractivity contribution >= 4 is 5.84 Å². The van der Waals surface area contributed by atoms with Crippen molar-refractivity contribution in [2.75, 3.05) is 20.2 Å². The van der Waals surface area contributed by atoms with Crippen molar-refractivity contribution < 1.29 is 9.94 Å². The highest BCUT2D eigenvalue weighted by Crippen LogP contribution is 2.20. The van der Waals surface area contributed by atoms with Crippen molar-refractivity contribution in [2.45, 2.75) is 32.4 Å². The summed E-state index contributed by atoms with van der Waals surface area (Å²) in [6.45, 7) is 5.95. The molecule has 0 amide bonds. The first-order valence-corrected chi connectivity index (χ1v) is 5.34. The molecule has 5 heteroatoms. The average molecular weight is 215 g/mol. The Morgan fingerprint density at radius 2 is 2.33 bits per heavy atom. The third-order valence-corrected chi connectivity index (χ3v) is 3.31. The van der Waals surface area contributed by atoms with E-state index in [0.717, 1.165) is 19.5 Å². The lowest BCUT2D eigenvalue weighted by molar-refractivity contribution is -0.00935. The van der Waals surface area contributed by atoms with E-state index < -0.39 is 0 Å². The van der Waals surface area contributed by atoms with Gasteiger partial charge in [-0.15, -0.1) is 0 Å². The highest BCUT2D eigenvalue weighted by molar-refractivity contribution is 5.84. The first kappa shape index (κ1) is 12.3. The fourth-order valence-corrected chi connectivity index (χ4v) is 1.99. The molecule has 3 N–H and O–H groups in total. The SMILES string of the molecule is COC1CN(C(C)C(N)=NO)CCC1C. The van der Waals surface area contributed by atoms with Crippen LogP contribution in [0.4, 0.5) is 0 Å². The van der Waals surface area contributed by atoms with Crippen molar-refractivity contribution in [2.24, 2.45) is 16.8 Å². The summed E-state index contributed by atoms with van der Waals surface area (Å²) in [6.07, 6.45) is 1.33. The summed E-state index contributed by atoms with van der Waals surface area (Å²) in [5, 5.41) is 11.7. The van der Waals surface area contributed by atoms with Gasteiger partial charge in [0.15, 0.2) is 5.84 Å². The first-order chi connectivity index (χ1) is 7.10. The second-order valence-electron chi connectivity index (χ2n) is 4.24. The molecular weight excluding hydrogens is 194 g/mol. The van der Waals surface area contributed by atoms with E-state index in [1.54, 1.807) is 7.11 Å². The molecule has 1 aliphatic rings. The van der Waals surface area contributed by atoms with Crippen LogP contribution in [0.15, 0.2) is 5.16 Å². The Labute approximate surface area is 90.9 Å². The lowest BCUT2D eigenvalue weighted by Gasteiger charge is -2.38. The molecule has 0 bridgehead atoms. The first-order valence-electron chi connectivity index (χ1n) is 5.34. The molecule has 0 aliphatic carbocycles. The number of nitrogens with two attached hydrogens (primary N) is 1. The van der Waals surface area contributed by atoms with Gasteiger partial charge in [-0.1, -0.05) is 12.1 Å². The molecule has 0 aromatic rings. The van der Waals surface area contributed by atoms with Gasteiger partial charge in [0.05, 0.1) is 12.1 Å². The van der Waals surface area contributed by atoms with Crippen LogP contribution < -0.4 is 5.73 Å². The van der Waals surface area contributed by atoms with Crippen LogP contribution in [-0.2, 0) is 4.74 Å². The maximum Gasteiger partial charge on any atom is 0.156 e. The van der Waals surface area contributed by atoms with Crippen LogP contribution in [-0.4, -0.2) is 48.3 Å². The third-order valence-electron chi connectivity index (χ3n) is 3.31. The standard InChI is InChI=1S/C10H21N3O2/c1-7-4-5-13(6-9(7)15-3)8(2)10(11)12-14/h7-9,14H,4-6H2,1-3H3,(H2,11,12). The Morgan fingerprint density at radius 3 is 2.87 bits per heavy atom. The Bertz CT molecular complexity index is 233. The van der Waals surface area contributed by atoms with Crippen molar-refractivity contribution in [1.29, 1.82) is 0 Å². The normalized spacial score (nSPS) is 31.5. The molecule has 3 unspecified atom stereocenters. The van der Waals surface area contributed by atoms with Crippen LogP contribution in [0.1, 0.15) is 20.3 Å². The van der Waals surface area contributed by atoms with Crippen LogP contribution in [0.25, 0.3) is 0 Å². The number of piperidine rings is 1. The maximum absolute atomic E-state index is 8.62. The van der Waals surface area contributed by atoms with E-state index in [-0.39, 0.29) is 18.0 Å². The molecule has 0 saturated carbocycles. The van der Waals surface area contributed by atoms with Crippen molar-refractivity contribution in [3.05, 3.63) is 0 Å². The largest absolute Gasteiger partial charge is 0.409 e. The predicted octanol–water partition coefficient (Wildman–Crippen LogP) is 0.478. The van der Waals surface area contributed by atoms with Gasteiger partial charge in [0.25, 0.3) is 0 Å². The summed E-state index contributed by atoms with van der Waals surface area (Å²) in [7, 11) is 1.73. The van der Waals surface area contributed by atoms with Crippen LogP contribution in [0.3, 0.4) is 0 Å². The highest BCUT2D eigenvalue weighted by Gasteiger charge is 2.29. The van der Waals surface area contributed by atoms with E-state index in [1.807, 2.05) is 6.92 Å². The molecule has 1 heterocycles. The van der Waals surface area contributed by atoms with E-state index in [9.17, 15) is 0 Å². The fourth-order valence-electron chi connectivity index (χ4n) is 1.99. The van der Waals surface area contributed by atoms with Gasteiger partial charge in [-0.3, -0.25) is 4.90 Å². The summed E-state index contributed by atoms with van der Waals surface area (Å²) >= 11 is 0. The molecule has 3 atom stereocenters. The minimum Gasteiger partial charge on any atom is -0.409 e. The molecule has 15 heavy (non-hydrogen) atoms. The molecule has 1 rings (SSSR count). The molecule has 0 aromatic heterocycles. The smallest absolute Gasteiger partial charge is 0.156 e. The summed E-state index contributed by atoms with van der Waals surface area (Å²) in [6, 6.07) is -0.0276. The van der Waals surface area contributed by atoms with Gasteiger partial charge in [0.2, 0.25) is 0 Å². The number of nitrogens with zero attached hydrogens (tertiary/aromatic N) is 2. The van der Waals surface area contributed by atoms with Crippen molar-refractivity contribution in [1.82, 2.24) is 4.90 Å². The number of hydrogen-bond acceptors (Lipinski definition) is 4. The monoisotopic (exact) mass is 215 g/mol. The van der Waals surface area contributed by atoms with Crippen LogP contribution >= 0.6 is 0 Å². The topological polar surface area (TPSA) is 71.1 Å². The zero-order valence-electron chi connectivity index (χ0n) is 9.68. The summed E-state index contributed by atoms with van der Waals surface area (Å²) in [4.78, 5) is 2.18. The Balaban J connectivity index is 2.58. The average Bonchev–Trinajstić information content (AvgIpc) is 2.27. The van der Waals surface area contributed by atoms with Gasteiger partial charge >= 0.3 is 0 Å². The van der Waals surface area contributed by atoms with Gasteiger partial charge < -0.3 is 15.7 Å². The van der Waals surface area contributed by atoms with E-state index in [4.69, 9.17) is 15.7 Å². The Morgan fingerprint density at radius 1 is 1.67 bits per heavy atom. The second kappa shape index (κ2) is 5.32. The molecule has 0 spiro atoms. The molecule has 88 valence electrons. The molecule has 1 saturated heterocycles. The molecule has 0 aromatic carbocycles. The van der Waals surface area contributed by atoms with Crippen LogP contribution in [0.2, 0.25) is 0 Å². The fraction of sp³-hybridized carbons (Fsp3) is 0.900. The second-order valence-corrected chi connectivity index (χ2v) is 4.24. The number of hydrogen-bond donors (Lipinski definition) is 2. The summed E-state index contributed by atoms with van der Waals surface area (Å²) < 4.78 is 5.41. The van der Waals surface area contributed by atoms with Gasteiger partial charge in [-0.25, -0.2) is 0 Å². The number of amidine groups is 1. The van der Waals surface area contributed by atoms with Gasteiger partial charge in [-0.05, 0) is 25.8 Å². The predicted molar refractivity (Wildman–Crippen MR) is 59.0 cm³/mol. The Hall–Kier alpha value is -0.810. The highest BCUT2D eigenvalue weighted by atomic mass is 16.5. The zero-order chi connectivity index (χ0) is 11.4. The number of methoxy groups -OCH3 is 1. The molecular formula is C10H21N3O2. The lowest BCUT2D eigenvalue weighted by atomic mass is 9.95.